The molecule has 28 heavy (non-hydrogen) atoms. The third kappa shape index (κ3) is 2.65. The van der Waals surface area contributed by atoms with Gasteiger partial charge in [0.2, 0.25) is 5.91 Å². The molecule has 1 N–H and O–H groups in total. The van der Waals surface area contributed by atoms with Crippen molar-refractivity contribution in [3.05, 3.63) is 34.7 Å². The standard InChI is InChI=1S/C20H28N6O2/c1-5-16(27)26-9-6-15-18(22-12-21-15)20(26)7-10-25(11-8-20)19(28)17-13(2)23-24(4)14(17)3/h12H,5-11H2,1-4H3,(H,21,22). The Bertz CT molecular complexity index is 919. The van der Waals surface area contributed by atoms with Crippen LogP contribution in [0.5, 0.6) is 0 Å². The van der Waals surface area contributed by atoms with Crippen LogP contribution in [0.25, 0.3) is 0 Å². The number of hydrogen-bond acceptors (Lipinski definition) is 4. The van der Waals surface area contributed by atoms with Crippen molar-refractivity contribution in [1.82, 2.24) is 29.5 Å². The maximum absolute atomic E-state index is 13.2. The highest BCUT2D eigenvalue weighted by molar-refractivity contribution is 5.96. The lowest BCUT2D eigenvalue weighted by molar-refractivity contribution is -0.141. The molecule has 0 atom stereocenters. The zero-order valence-corrected chi connectivity index (χ0v) is 17.1. The van der Waals surface area contributed by atoms with Gasteiger partial charge in [-0.2, -0.15) is 5.10 Å². The van der Waals surface area contributed by atoms with Crippen molar-refractivity contribution < 1.29 is 9.59 Å². The molecule has 1 spiro atoms. The zero-order valence-electron chi connectivity index (χ0n) is 17.1. The van der Waals surface area contributed by atoms with E-state index in [4.69, 9.17) is 0 Å². The number of hydrogen-bond donors (Lipinski definition) is 1. The number of piperidine rings is 1. The van der Waals surface area contributed by atoms with Gasteiger partial charge in [-0.3, -0.25) is 14.3 Å². The van der Waals surface area contributed by atoms with Crippen LogP contribution in [0.3, 0.4) is 0 Å². The van der Waals surface area contributed by atoms with Crippen molar-refractivity contribution in [2.24, 2.45) is 7.05 Å². The van der Waals surface area contributed by atoms with Crippen LogP contribution in [0.15, 0.2) is 6.33 Å². The number of imidazole rings is 1. The number of likely N-dealkylation sites (tertiary alicyclic amines) is 1. The van der Waals surface area contributed by atoms with E-state index in [0.29, 0.717) is 44.5 Å². The van der Waals surface area contributed by atoms with E-state index in [-0.39, 0.29) is 11.8 Å². The summed E-state index contributed by atoms with van der Waals surface area (Å²) in [6.07, 6.45) is 4.44. The first-order valence-electron chi connectivity index (χ1n) is 10.0. The first kappa shape index (κ1) is 18.7. The van der Waals surface area contributed by atoms with E-state index >= 15 is 0 Å². The molecule has 2 aliphatic rings. The molecular formula is C20H28N6O2. The van der Waals surface area contributed by atoms with Gasteiger partial charge in [0.15, 0.2) is 0 Å². The molecule has 0 unspecified atom stereocenters. The zero-order chi connectivity index (χ0) is 20.1. The van der Waals surface area contributed by atoms with Gasteiger partial charge in [0, 0.05) is 50.9 Å². The van der Waals surface area contributed by atoms with Crippen LogP contribution in [0, 0.1) is 13.8 Å². The van der Waals surface area contributed by atoms with Crippen LogP contribution in [0.1, 0.15) is 59.3 Å². The Hall–Kier alpha value is -2.64. The summed E-state index contributed by atoms with van der Waals surface area (Å²) in [5.74, 6) is 0.191. The van der Waals surface area contributed by atoms with Gasteiger partial charge in [0.05, 0.1) is 28.8 Å². The van der Waals surface area contributed by atoms with E-state index in [2.05, 4.69) is 15.1 Å². The molecular weight excluding hydrogens is 356 g/mol. The molecule has 0 aliphatic carbocycles. The highest BCUT2D eigenvalue weighted by atomic mass is 16.2. The highest BCUT2D eigenvalue weighted by Gasteiger charge is 2.49. The fraction of sp³-hybridized carbons (Fsp3) is 0.600. The number of amides is 2. The lowest BCUT2D eigenvalue weighted by atomic mass is 9.78. The van der Waals surface area contributed by atoms with Gasteiger partial charge in [-0.25, -0.2) is 4.98 Å². The van der Waals surface area contributed by atoms with Crippen molar-refractivity contribution in [3.8, 4) is 0 Å². The number of fused-ring (bicyclic) bond motifs is 2. The van der Waals surface area contributed by atoms with E-state index in [1.54, 1.807) is 11.0 Å². The molecule has 2 aliphatic heterocycles. The van der Waals surface area contributed by atoms with Crippen molar-refractivity contribution in [3.63, 3.8) is 0 Å². The number of aromatic amines is 1. The monoisotopic (exact) mass is 384 g/mol. The summed E-state index contributed by atoms with van der Waals surface area (Å²) in [6, 6.07) is 0. The lowest BCUT2D eigenvalue weighted by Gasteiger charge is -2.50. The molecule has 2 aromatic heterocycles. The quantitative estimate of drug-likeness (QED) is 0.854. The normalized spacial score (nSPS) is 18.4. The molecule has 4 heterocycles. The van der Waals surface area contributed by atoms with Crippen molar-refractivity contribution in [2.45, 2.75) is 52.0 Å². The maximum atomic E-state index is 13.2. The van der Waals surface area contributed by atoms with Crippen LogP contribution in [0.2, 0.25) is 0 Å². The Balaban J connectivity index is 1.61. The van der Waals surface area contributed by atoms with Crippen LogP contribution in [0.4, 0.5) is 0 Å². The number of aromatic nitrogens is 4. The minimum Gasteiger partial charge on any atom is -0.348 e. The van der Waals surface area contributed by atoms with Gasteiger partial charge < -0.3 is 14.8 Å². The SMILES string of the molecule is CCC(=O)N1CCc2[nH]cnc2C12CCN(C(=O)c1c(C)nn(C)c1C)CC2. The molecule has 0 bridgehead atoms. The number of carbonyl (C=O) groups excluding carboxylic acids is 2. The second kappa shape index (κ2) is 6.76. The Morgan fingerprint density at radius 2 is 1.93 bits per heavy atom. The number of nitrogens with zero attached hydrogens (tertiary/aromatic N) is 5. The van der Waals surface area contributed by atoms with Crippen molar-refractivity contribution >= 4 is 11.8 Å². The number of aryl methyl sites for hydroxylation is 2. The molecule has 150 valence electrons. The minimum atomic E-state index is -0.406. The van der Waals surface area contributed by atoms with Gasteiger partial charge in [0.25, 0.3) is 5.91 Å². The summed E-state index contributed by atoms with van der Waals surface area (Å²) >= 11 is 0. The molecule has 1 saturated heterocycles. The second-order valence-corrected chi connectivity index (χ2v) is 7.87. The maximum Gasteiger partial charge on any atom is 0.257 e. The van der Waals surface area contributed by atoms with E-state index in [1.807, 2.05) is 37.6 Å². The fourth-order valence-corrected chi connectivity index (χ4v) is 4.86. The summed E-state index contributed by atoms with van der Waals surface area (Å²) in [5, 5.41) is 4.38. The summed E-state index contributed by atoms with van der Waals surface area (Å²) in [5.41, 5.74) is 4.05. The number of carbonyl (C=O) groups is 2. The molecule has 2 amide bonds. The highest BCUT2D eigenvalue weighted by Crippen LogP contribution is 2.42. The Labute approximate surface area is 164 Å². The molecule has 8 nitrogen and oxygen atoms in total. The summed E-state index contributed by atoms with van der Waals surface area (Å²) in [6.45, 7) is 7.63. The number of nitrogens with one attached hydrogen (secondary N) is 1. The average molecular weight is 384 g/mol. The van der Waals surface area contributed by atoms with Gasteiger partial charge in [0.1, 0.15) is 0 Å². The minimum absolute atomic E-state index is 0.0318. The van der Waals surface area contributed by atoms with Crippen molar-refractivity contribution in [2.75, 3.05) is 19.6 Å². The molecule has 0 saturated carbocycles. The number of H-pyrrole nitrogens is 1. The van der Waals surface area contributed by atoms with Gasteiger partial charge >= 0.3 is 0 Å². The molecule has 1 fully saturated rings. The summed E-state index contributed by atoms with van der Waals surface area (Å²) in [4.78, 5) is 37.6. The molecule has 8 heteroatoms. The first-order chi connectivity index (χ1) is 13.4. The average Bonchev–Trinajstić information content (AvgIpc) is 3.27. The van der Waals surface area contributed by atoms with E-state index < -0.39 is 5.54 Å². The van der Waals surface area contributed by atoms with E-state index in [9.17, 15) is 9.59 Å². The Kier molecular flexibility index (Phi) is 4.51. The smallest absolute Gasteiger partial charge is 0.257 e. The van der Waals surface area contributed by atoms with Crippen LogP contribution in [-0.4, -0.2) is 61.0 Å². The second-order valence-electron chi connectivity index (χ2n) is 7.87. The van der Waals surface area contributed by atoms with Gasteiger partial charge in [-0.05, 0) is 26.7 Å². The lowest BCUT2D eigenvalue weighted by Crippen LogP contribution is -2.58. The van der Waals surface area contributed by atoms with Crippen LogP contribution in [-0.2, 0) is 23.8 Å². The predicted octanol–water partition coefficient (Wildman–Crippen LogP) is 1.69. The summed E-state index contributed by atoms with van der Waals surface area (Å²) in [7, 11) is 1.86. The third-order valence-electron chi connectivity index (χ3n) is 6.47. The number of rotatable bonds is 2. The molecule has 2 aromatic rings. The van der Waals surface area contributed by atoms with E-state index in [1.165, 1.54) is 0 Å². The van der Waals surface area contributed by atoms with Crippen LogP contribution < -0.4 is 0 Å². The van der Waals surface area contributed by atoms with Crippen molar-refractivity contribution in [1.29, 1.82) is 0 Å². The Morgan fingerprint density at radius 1 is 1.21 bits per heavy atom. The predicted molar refractivity (Wildman–Crippen MR) is 104 cm³/mol. The first-order valence-corrected chi connectivity index (χ1v) is 10.0. The van der Waals surface area contributed by atoms with E-state index in [0.717, 1.165) is 29.2 Å². The molecule has 0 radical (unpaired) electrons. The largest absolute Gasteiger partial charge is 0.348 e. The Morgan fingerprint density at radius 3 is 2.54 bits per heavy atom. The fourth-order valence-electron chi connectivity index (χ4n) is 4.86. The topological polar surface area (TPSA) is 87.1 Å². The van der Waals surface area contributed by atoms with Gasteiger partial charge in [-0.15, -0.1) is 0 Å². The summed E-state index contributed by atoms with van der Waals surface area (Å²) < 4.78 is 1.76. The third-order valence-corrected chi connectivity index (χ3v) is 6.47. The van der Waals surface area contributed by atoms with Crippen LogP contribution >= 0.6 is 0 Å². The van der Waals surface area contributed by atoms with Gasteiger partial charge in [-0.1, -0.05) is 6.92 Å². The molecule has 0 aromatic carbocycles. The molecule has 4 rings (SSSR count).